The summed E-state index contributed by atoms with van der Waals surface area (Å²) in [5.74, 6) is -1.39. The fourth-order valence-electron chi connectivity index (χ4n) is 1.45. The molecule has 0 amide bonds. The monoisotopic (exact) mass is 236 g/mol. The summed E-state index contributed by atoms with van der Waals surface area (Å²) in [4.78, 5) is 23.1. The first-order valence-corrected chi connectivity index (χ1v) is 5.08. The number of halogens is 1. The van der Waals surface area contributed by atoms with Crippen LogP contribution in [0.4, 0.5) is 4.39 Å². The second-order valence-electron chi connectivity index (χ2n) is 3.68. The molecule has 1 aromatic carbocycles. The van der Waals surface area contributed by atoms with Gasteiger partial charge in [-0.05, 0) is 37.6 Å². The summed E-state index contributed by atoms with van der Waals surface area (Å²) >= 11 is 0. The van der Waals surface area contributed by atoms with E-state index >= 15 is 0 Å². The molecule has 0 fully saturated rings. The third kappa shape index (κ3) is 3.00. The lowest BCUT2D eigenvalue weighted by Crippen LogP contribution is -2.11. The predicted molar refractivity (Wildman–Crippen MR) is 61.9 cm³/mol. The molecule has 0 aliphatic rings. The van der Waals surface area contributed by atoms with Crippen molar-refractivity contribution in [1.82, 2.24) is 0 Å². The lowest BCUT2D eigenvalue weighted by molar-refractivity contribution is -0.113. The normalized spacial score (nSPS) is 11.4. The molecule has 0 aromatic heterocycles. The number of hydrogen-bond donors (Lipinski definition) is 1. The number of phenolic OH excluding ortho intramolecular Hbond substituents is 1. The summed E-state index contributed by atoms with van der Waals surface area (Å²) in [7, 11) is 0. The number of aromatic hydroxyl groups is 1. The van der Waals surface area contributed by atoms with Gasteiger partial charge in [0.25, 0.3) is 0 Å². The first-order chi connectivity index (χ1) is 7.97. The van der Waals surface area contributed by atoms with Crippen LogP contribution in [-0.2, 0) is 4.79 Å². The zero-order chi connectivity index (χ0) is 13.0. The molecule has 0 bridgehead atoms. The zero-order valence-electron chi connectivity index (χ0n) is 9.66. The first-order valence-electron chi connectivity index (χ1n) is 5.08. The van der Waals surface area contributed by atoms with Crippen LogP contribution in [0, 0.1) is 6.92 Å². The van der Waals surface area contributed by atoms with Crippen molar-refractivity contribution in [2.45, 2.75) is 13.8 Å². The van der Waals surface area contributed by atoms with Crippen molar-refractivity contribution in [3.05, 3.63) is 41.0 Å². The van der Waals surface area contributed by atoms with Gasteiger partial charge in [-0.3, -0.25) is 9.59 Å². The zero-order valence-corrected chi connectivity index (χ0v) is 9.66. The van der Waals surface area contributed by atoms with E-state index in [1.165, 1.54) is 19.1 Å². The standard InChI is InChI=1S/C13H13FO3/c1-8-3-4-11(12(16)7-8)13(17)10(5-6-14)9(2)15/h3-5,7,16H,6H2,1-2H3/b10-5+. The van der Waals surface area contributed by atoms with Gasteiger partial charge < -0.3 is 5.11 Å². The number of benzene rings is 1. The van der Waals surface area contributed by atoms with Crippen LogP contribution in [0.15, 0.2) is 29.8 Å². The quantitative estimate of drug-likeness (QED) is 0.378. The van der Waals surface area contributed by atoms with Gasteiger partial charge in [0.1, 0.15) is 12.4 Å². The summed E-state index contributed by atoms with van der Waals surface area (Å²) in [6.45, 7) is 2.05. The van der Waals surface area contributed by atoms with Crippen molar-refractivity contribution in [3.63, 3.8) is 0 Å². The summed E-state index contributed by atoms with van der Waals surface area (Å²) < 4.78 is 12.2. The van der Waals surface area contributed by atoms with Gasteiger partial charge in [-0.1, -0.05) is 6.07 Å². The van der Waals surface area contributed by atoms with Crippen LogP contribution in [-0.4, -0.2) is 23.3 Å². The van der Waals surface area contributed by atoms with Crippen LogP contribution in [0.25, 0.3) is 0 Å². The highest BCUT2D eigenvalue weighted by atomic mass is 19.1. The van der Waals surface area contributed by atoms with Crippen LogP contribution in [0.3, 0.4) is 0 Å². The molecule has 3 nitrogen and oxygen atoms in total. The number of alkyl halides is 1. The van der Waals surface area contributed by atoms with Gasteiger partial charge in [-0.25, -0.2) is 4.39 Å². The smallest absolute Gasteiger partial charge is 0.200 e. The van der Waals surface area contributed by atoms with Gasteiger partial charge in [-0.2, -0.15) is 0 Å². The Bertz CT molecular complexity index is 489. The molecular weight excluding hydrogens is 223 g/mol. The molecule has 90 valence electrons. The topological polar surface area (TPSA) is 54.4 Å². The number of rotatable bonds is 4. The van der Waals surface area contributed by atoms with E-state index in [1.54, 1.807) is 13.0 Å². The molecule has 0 aliphatic heterocycles. The van der Waals surface area contributed by atoms with E-state index in [9.17, 15) is 19.1 Å². The fraction of sp³-hybridized carbons (Fsp3) is 0.231. The predicted octanol–water partition coefficient (Wildman–Crippen LogP) is 2.37. The minimum absolute atomic E-state index is 0.00509. The van der Waals surface area contributed by atoms with Crippen LogP contribution in [0.5, 0.6) is 5.75 Å². The average molecular weight is 236 g/mol. The van der Waals surface area contributed by atoms with Crippen LogP contribution in [0.1, 0.15) is 22.8 Å². The van der Waals surface area contributed by atoms with Crippen LogP contribution >= 0.6 is 0 Å². The SMILES string of the molecule is CC(=O)/C(=C\CF)C(=O)c1ccc(C)cc1O. The number of aryl methyl sites for hydroxylation is 1. The molecule has 0 aliphatic carbocycles. The molecule has 1 N–H and O–H groups in total. The molecule has 0 heterocycles. The molecule has 0 saturated heterocycles. The molecule has 0 spiro atoms. The Hall–Kier alpha value is -1.97. The van der Waals surface area contributed by atoms with Gasteiger partial charge in [0.15, 0.2) is 11.6 Å². The van der Waals surface area contributed by atoms with Gasteiger partial charge >= 0.3 is 0 Å². The Morgan fingerprint density at radius 2 is 2.06 bits per heavy atom. The molecule has 0 saturated carbocycles. The fourth-order valence-corrected chi connectivity index (χ4v) is 1.45. The Balaban J connectivity index is 3.19. The lowest BCUT2D eigenvalue weighted by Gasteiger charge is -2.05. The van der Waals surface area contributed by atoms with Crippen LogP contribution < -0.4 is 0 Å². The van der Waals surface area contributed by atoms with Crippen molar-refractivity contribution < 1.29 is 19.1 Å². The number of phenols is 1. The first kappa shape index (κ1) is 13.1. The Labute approximate surface area is 98.6 Å². The minimum Gasteiger partial charge on any atom is -0.507 e. The highest BCUT2D eigenvalue weighted by Gasteiger charge is 2.19. The van der Waals surface area contributed by atoms with E-state index in [1.807, 2.05) is 0 Å². The molecule has 1 aromatic rings. The maximum absolute atomic E-state index is 12.2. The highest BCUT2D eigenvalue weighted by molar-refractivity contribution is 6.26. The molecule has 0 atom stereocenters. The molecular formula is C13H13FO3. The number of carbonyl (C=O) groups is 2. The second kappa shape index (κ2) is 5.39. The van der Waals surface area contributed by atoms with E-state index < -0.39 is 18.2 Å². The van der Waals surface area contributed by atoms with Crippen molar-refractivity contribution in [3.8, 4) is 5.75 Å². The van der Waals surface area contributed by atoms with E-state index in [0.717, 1.165) is 11.6 Å². The van der Waals surface area contributed by atoms with Crippen molar-refractivity contribution in [2.75, 3.05) is 6.67 Å². The van der Waals surface area contributed by atoms with E-state index in [4.69, 9.17) is 0 Å². The Kier molecular flexibility index (Phi) is 4.15. The number of hydrogen-bond acceptors (Lipinski definition) is 3. The number of allylic oxidation sites excluding steroid dienone is 2. The van der Waals surface area contributed by atoms with Gasteiger partial charge in [0.05, 0.1) is 11.1 Å². The maximum atomic E-state index is 12.2. The number of Topliss-reactive ketones (excluding diaryl/α,β-unsaturated/α-hetero) is 2. The summed E-state index contributed by atoms with van der Waals surface area (Å²) in [5, 5.41) is 9.61. The van der Waals surface area contributed by atoms with Crippen molar-refractivity contribution in [2.24, 2.45) is 0 Å². The van der Waals surface area contributed by atoms with Gasteiger partial charge in [0.2, 0.25) is 0 Å². The Morgan fingerprint density at radius 3 is 2.53 bits per heavy atom. The summed E-state index contributed by atoms with van der Waals surface area (Å²) in [6, 6.07) is 4.47. The van der Waals surface area contributed by atoms with E-state index in [2.05, 4.69) is 0 Å². The van der Waals surface area contributed by atoms with Gasteiger partial charge in [-0.15, -0.1) is 0 Å². The second-order valence-corrected chi connectivity index (χ2v) is 3.68. The third-order valence-electron chi connectivity index (χ3n) is 2.30. The maximum Gasteiger partial charge on any atom is 0.200 e. The molecule has 17 heavy (non-hydrogen) atoms. The molecule has 1 rings (SSSR count). The number of ketones is 2. The minimum atomic E-state index is -0.896. The average Bonchev–Trinajstić information content (AvgIpc) is 2.24. The lowest BCUT2D eigenvalue weighted by atomic mass is 9.98. The van der Waals surface area contributed by atoms with Crippen molar-refractivity contribution >= 4 is 11.6 Å². The number of carbonyl (C=O) groups excluding carboxylic acids is 2. The van der Waals surface area contributed by atoms with Gasteiger partial charge in [0, 0.05) is 0 Å². The summed E-state index contributed by atoms with van der Waals surface area (Å²) in [5.41, 5.74) is 0.551. The molecule has 0 unspecified atom stereocenters. The largest absolute Gasteiger partial charge is 0.507 e. The highest BCUT2D eigenvalue weighted by Crippen LogP contribution is 2.22. The van der Waals surface area contributed by atoms with E-state index in [-0.39, 0.29) is 16.9 Å². The van der Waals surface area contributed by atoms with E-state index in [0.29, 0.717) is 0 Å². The van der Waals surface area contributed by atoms with Crippen molar-refractivity contribution in [1.29, 1.82) is 0 Å². The third-order valence-corrected chi connectivity index (χ3v) is 2.30. The van der Waals surface area contributed by atoms with Crippen LogP contribution in [0.2, 0.25) is 0 Å². The molecule has 4 heteroatoms. The summed E-state index contributed by atoms with van der Waals surface area (Å²) in [6.07, 6.45) is 0.921. The Morgan fingerprint density at radius 1 is 1.41 bits per heavy atom. The molecule has 0 radical (unpaired) electrons.